The smallest absolute Gasteiger partial charge is 0.266 e. The number of anilines is 1. The van der Waals surface area contributed by atoms with Gasteiger partial charge in [0.15, 0.2) is 0 Å². The summed E-state index contributed by atoms with van der Waals surface area (Å²) in [7, 11) is 0. The molecule has 1 aromatic carbocycles. The summed E-state index contributed by atoms with van der Waals surface area (Å²) >= 11 is 3.30. The number of benzene rings is 1. The molecule has 1 aliphatic heterocycles. The number of thioether (sulfide) groups is 1. The quantitative estimate of drug-likeness (QED) is 0.775. The molecular weight excluding hydrogens is 326 g/mol. The van der Waals surface area contributed by atoms with Gasteiger partial charge >= 0.3 is 0 Å². The van der Waals surface area contributed by atoms with Gasteiger partial charge in [0, 0.05) is 17.1 Å². The Morgan fingerprint density at radius 1 is 1.26 bits per heavy atom. The van der Waals surface area contributed by atoms with Crippen molar-refractivity contribution in [1.29, 1.82) is 0 Å². The molecule has 2 aromatic heterocycles. The van der Waals surface area contributed by atoms with Gasteiger partial charge in [-0.15, -0.1) is 11.3 Å². The number of rotatable bonds is 3. The molecule has 0 atom stereocenters. The number of hydrogen-bond acceptors (Lipinski definition) is 4. The Kier molecular flexibility index (Phi) is 3.71. The summed E-state index contributed by atoms with van der Waals surface area (Å²) < 4.78 is 1.85. The first-order valence-corrected chi connectivity index (χ1v) is 9.36. The lowest BCUT2D eigenvalue weighted by Crippen LogP contribution is -2.15. The zero-order valence-corrected chi connectivity index (χ0v) is 14.2. The average molecular weight is 341 g/mol. The number of carbonyl (C=O) groups is 1. The summed E-state index contributed by atoms with van der Waals surface area (Å²) in [5, 5.41) is 9.76. The Labute approximate surface area is 142 Å². The lowest BCUT2D eigenvalue weighted by molar-refractivity contribution is 0.102. The summed E-state index contributed by atoms with van der Waals surface area (Å²) in [6, 6.07) is 11.8. The minimum Gasteiger partial charge on any atom is -0.305 e. The van der Waals surface area contributed by atoms with Crippen LogP contribution in [0.15, 0.2) is 41.8 Å². The number of nitrogens with zero attached hydrogens (tertiary/aromatic N) is 2. The average Bonchev–Trinajstić information content (AvgIpc) is 3.25. The first kappa shape index (κ1) is 14.5. The van der Waals surface area contributed by atoms with E-state index in [1.165, 1.54) is 11.3 Å². The van der Waals surface area contributed by atoms with E-state index in [9.17, 15) is 4.79 Å². The van der Waals surface area contributed by atoms with Crippen LogP contribution in [0.1, 0.15) is 26.5 Å². The third kappa shape index (κ3) is 2.68. The Morgan fingerprint density at radius 2 is 2.09 bits per heavy atom. The molecule has 3 heterocycles. The lowest BCUT2D eigenvalue weighted by atomic mass is 10.2. The molecular formula is C17H15N3OS2. The van der Waals surface area contributed by atoms with Gasteiger partial charge in [-0.3, -0.25) is 4.79 Å². The zero-order chi connectivity index (χ0) is 15.8. The highest BCUT2D eigenvalue weighted by molar-refractivity contribution is 7.98. The fourth-order valence-corrected chi connectivity index (χ4v) is 4.44. The van der Waals surface area contributed by atoms with Crippen molar-refractivity contribution in [3.8, 4) is 5.69 Å². The molecule has 23 heavy (non-hydrogen) atoms. The fourth-order valence-electron chi connectivity index (χ4n) is 2.62. The molecule has 0 saturated heterocycles. The number of amides is 1. The Morgan fingerprint density at radius 3 is 2.83 bits per heavy atom. The van der Waals surface area contributed by atoms with Crippen LogP contribution in [-0.4, -0.2) is 15.7 Å². The van der Waals surface area contributed by atoms with E-state index >= 15 is 0 Å². The number of nitrogens with one attached hydrogen (secondary N) is 1. The number of hydrogen-bond donors (Lipinski definition) is 1. The molecule has 4 nitrogen and oxygen atoms in total. The van der Waals surface area contributed by atoms with Gasteiger partial charge < -0.3 is 5.32 Å². The van der Waals surface area contributed by atoms with Crippen molar-refractivity contribution in [1.82, 2.24) is 9.78 Å². The van der Waals surface area contributed by atoms with Crippen LogP contribution in [0.5, 0.6) is 0 Å². The summed E-state index contributed by atoms with van der Waals surface area (Å²) in [5.41, 5.74) is 4.28. The highest BCUT2D eigenvalue weighted by Crippen LogP contribution is 2.36. The fraction of sp³-hybridized carbons (Fsp3) is 0.176. The number of thiophene rings is 1. The van der Waals surface area contributed by atoms with E-state index in [1.807, 2.05) is 65.1 Å². The van der Waals surface area contributed by atoms with E-state index in [1.54, 1.807) is 0 Å². The van der Waals surface area contributed by atoms with Crippen molar-refractivity contribution in [2.24, 2.45) is 0 Å². The van der Waals surface area contributed by atoms with Crippen LogP contribution >= 0.6 is 23.1 Å². The second-order valence-corrected chi connectivity index (χ2v) is 7.35. The topological polar surface area (TPSA) is 46.9 Å². The molecule has 0 aliphatic carbocycles. The van der Waals surface area contributed by atoms with Crippen molar-refractivity contribution >= 4 is 34.8 Å². The monoisotopic (exact) mass is 341 g/mol. The number of carbonyl (C=O) groups excluding carboxylic acids is 1. The maximum Gasteiger partial charge on any atom is 0.266 e. The summed E-state index contributed by atoms with van der Waals surface area (Å²) in [5.74, 6) is 2.52. The normalized spacial score (nSPS) is 13.1. The molecule has 116 valence electrons. The van der Waals surface area contributed by atoms with Crippen molar-refractivity contribution < 1.29 is 4.79 Å². The SMILES string of the molecule is Cc1csc(C(=O)Nc2c3c(nn2-c2ccccc2)CSC3)c1. The zero-order valence-electron chi connectivity index (χ0n) is 12.6. The maximum absolute atomic E-state index is 12.6. The van der Waals surface area contributed by atoms with E-state index in [-0.39, 0.29) is 5.91 Å². The highest BCUT2D eigenvalue weighted by atomic mass is 32.2. The van der Waals surface area contributed by atoms with Crippen LogP contribution in [0.3, 0.4) is 0 Å². The molecule has 3 aromatic rings. The van der Waals surface area contributed by atoms with Crippen molar-refractivity contribution in [3.05, 3.63) is 63.5 Å². The molecule has 1 aliphatic rings. The second kappa shape index (κ2) is 5.86. The van der Waals surface area contributed by atoms with Gasteiger partial charge in [-0.05, 0) is 36.1 Å². The maximum atomic E-state index is 12.6. The number of fused-ring (bicyclic) bond motifs is 1. The van der Waals surface area contributed by atoms with Crippen LogP contribution in [-0.2, 0) is 11.5 Å². The highest BCUT2D eigenvalue weighted by Gasteiger charge is 2.25. The van der Waals surface area contributed by atoms with Crippen molar-refractivity contribution in [3.63, 3.8) is 0 Å². The molecule has 6 heteroatoms. The summed E-state index contributed by atoms with van der Waals surface area (Å²) in [4.78, 5) is 13.3. The van der Waals surface area contributed by atoms with Gasteiger partial charge in [-0.2, -0.15) is 16.9 Å². The predicted molar refractivity (Wildman–Crippen MR) is 95.6 cm³/mol. The van der Waals surface area contributed by atoms with Crippen LogP contribution in [0.25, 0.3) is 5.69 Å². The van der Waals surface area contributed by atoms with Gasteiger partial charge in [0.05, 0.1) is 16.3 Å². The Hall–Kier alpha value is -2.05. The number of aromatic nitrogens is 2. The molecule has 0 saturated carbocycles. The molecule has 1 N–H and O–H groups in total. The second-order valence-electron chi connectivity index (χ2n) is 5.46. The van der Waals surface area contributed by atoms with Crippen LogP contribution < -0.4 is 5.32 Å². The first-order chi connectivity index (χ1) is 11.2. The molecule has 0 fully saturated rings. The third-order valence-corrected chi connectivity index (χ3v) is 5.76. The minimum atomic E-state index is -0.0696. The Bertz CT molecular complexity index is 867. The molecule has 1 amide bonds. The minimum absolute atomic E-state index is 0.0696. The molecule has 0 radical (unpaired) electrons. The first-order valence-electron chi connectivity index (χ1n) is 7.33. The molecule has 4 rings (SSSR count). The van der Waals surface area contributed by atoms with Gasteiger partial charge in [-0.25, -0.2) is 4.68 Å². The van der Waals surface area contributed by atoms with Gasteiger partial charge in [0.1, 0.15) is 5.82 Å². The lowest BCUT2D eigenvalue weighted by Gasteiger charge is -2.10. The van der Waals surface area contributed by atoms with Crippen molar-refractivity contribution in [2.45, 2.75) is 18.4 Å². The summed E-state index contributed by atoms with van der Waals surface area (Å²) in [6.07, 6.45) is 0. The van der Waals surface area contributed by atoms with Crippen LogP contribution in [0.2, 0.25) is 0 Å². The van der Waals surface area contributed by atoms with Crippen LogP contribution in [0.4, 0.5) is 5.82 Å². The summed E-state index contributed by atoms with van der Waals surface area (Å²) in [6.45, 7) is 2.00. The van der Waals surface area contributed by atoms with E-state index in [2.05, 4.69) is 5.32 Å². The Balaban J connectivity index is 1.74. The van der Waals surface area contributed by atoms with Gasteiger partial charge in [0.2, 0.25) is 0 Å². The van der Waals surface area contributed by atoms with E-state index in [0.717, 1.165) is 44.7 Å². The van der Waals surface area contributed by atoms with Gasteiger partial charge in [-0.1, -0.05) is 18.2 Å². The van der Waals surface area contributed by atoms with Crippen molar-refractivity contribution in [2.75, 3.05) is 5.32 Å². The van der Waals surface area contributed by atoms with E-state index in [0.29, 0.717) is 0 Å². The van der Waals surface area contributed by atoms with E-state index < -0.39 is 0 Å². The molecule has 0 bridgehead atoms. The standard InChI is InChI=1S/C17H15N3OS2/c1-11-7-15(23-8-11)17(21)18-16-13-9-22-10-14(13)19-20(16)12-5-3-2-4-6-12/h2-8H,9-10H2,1H3,(H,18,21). The van der Waals surface area contributed by atoms with Gasteiger partial charge in [0.25, 0.3) is 5.91 Å². The van der Waals surface area contributed by atoms with Crippen LogP contribution in [0, 0.1) is 6.92 Å². The third-order valence-electron chi connectivity index (χ3n) is 3.74. The van der Waals surface area contributed by atoms with E-state index in [4.69, 9.17) is 5.10 Å². The largest absolute Gasteiger partial charge is 0.305 e. The number of para-hydroxylation sites is 1. The molecule has 0 unspecified atom stereocenters. The predicted octanol–water partition coefficient (Wildman–Crippen LogP) is 4.24. The number of aryl methyl sites for hydroxylation is 1. The molecule has 0 spiro atoms.